The normalized spacial score (nSPS) is 54.9. The molecule has 0 aliphatic heterocycles. The zero-order chi connectivity index (χ0) is 24.4. The van der Waals surface area contributed by atoms with Gasteiger partial charge in [-0.3, -0.25) is 4.79 Å². The van der Waals surface area contributed by atoms with Gasteiger partial charge in [0.2, 0.25) is 0 Å². The number of Topliss-reactive ketones (excluding diaryl/α,β-unsaturated/α-hetero) is 1. The molecule has 2 N–H and O–H groups in total. The second-order valence-corrected chi connectivity index (χ2v) is 15.2. The van der Waals surface area contributed by atoms with E-state index in [4.69, 9.17) is 0 Å². The van der Waals surface area contributed by atoms with Crippen molar-refractivity contribution in [3.63, 3.8) is 0 Å². The standard InChI is InChI=1S/C30H48O3/c1-25(2)15-16-27(5)19(17-25)18-9-10-21-28(6)13-12-22(31)26(3,4)20(28)11-14-29(21,7)30(18,8)24(33)23(27)32/h9,19-23,31-32H,10-17H2,1-8H3/t19-,20-,21-,22-,23+,27+,28-,29-,30+/m1/s1. The van der Waals surface area contributed by atoms with Gasteiger partial charge in [-0.25, -0.2) is 0 Å². The summed E-state index contributed by atoms with van der Waals surface area (Å²) >= 11 is 0. The van der Waals surface area contributed by atoms with Crippen LogP contribution in [0.25, 0.3) is 0 Å². The lowest BCUT2D eigenvalue weighted by Crippen LogP contribution is -2.69. The molecule has 0 saturated heterocycles. The first kappa shape index (κ1) is 24.0. The van der Waals surface area contributed by atoms with Gasteiger partial charge in [0.25, 0.3) is 0 Å². The van der Waals surface area contributed by atoms with Crippen LogP contribution in [0.4, 0.5) is 0 Å². The number of aliphatic hydroxyl groups is 2. The first-order valence-corrected chi connectivity index (χ1v) is 13.7. The highest BCUT2D eigenvalue weighted by Crippen LogP contribution is 2.74. The first-order valence-electron chi connectivity index (χ1n) is 13.7. The zero-order valence-corrected chi connectivity index (χ0v) is 22.4. The summed E-state index contributed by atoms with van der Waals surface area (Å²) in [6.07, 6.45) is 9.43. The van der Waals surface area contributed by atoms with Crippen LogP contribution in [0.5, 0.6) is 0 Å². The highest BCUT2D eigenvalue weighted by molar-refractivity contribution is 5.95. The summed E-state index contributed by atoms with van der Waals surface area (Å²) in [5, 5.41) is 22.5. The van der Waals surface area contributed by atoms with Crippen molar-refractivity contribution in [3.8, 4) is 0 Å². The quantitative estimate of drug-likeness (QED) is 0.419. The molecule has 3 heteroatoms. The van der Waals surface area contributed by atoms with Gasteiger partial charge in [-0.2, -0.15) is 0 Å². The summed E-state index contributed by atoms with van der Waals surface area (Å²) in [4.78, 5) is 14.3. The number of carbonyl (C=O) groups excluding carboxylic acids is 1. The molecule has 4 fully saturated rings. The Morgan fingerprint density at radius 3 is 2.15 bits per heavy atom. The van der Waals surface area contributed by atoms with E-state index in [0.717, 1.165) is 51.4 Å². The molecule has 0 spiro atoms. The molecule has 9 atom stereocenters. The van der Waals surface area contributed by atoms with Gasteiger partial charge >= 0.3 is 0 Å². The van der Waals surface area contributed by atoms with Gasteiger partial charge in [-0.15, -0.1) is 0 Å². The number of ketones is 1. The van der Waals surface area contributed by atoms with E-state index < -0.39 is 11.5 Å². The lowest BCUT2D eigenvalue weighted by atomic mass is 9.33. The van der Waals surface area contributed by atoms with Gasteiger partial charge < -0.3 is 10.2 Å². The largest absolute Gasteiger partial charge is 0.393 e. The Balaban J connectivity index is 1.65. The fourth-order valence-electron chi connectivity index (χ4n) is 10.4. The molecule has 5 rings (SSSR count). The highest BCUT2D eigenvalue weighted by atomic mass is 16.3. The average molecular weight is 457 g/mol. The van der Waals surface area contributed by atoms with E-state index in [1.54, 1.807) is 0 Å². The molecule has 0 radical (unpaired) electrons. The number of allylic oxidation sites excluding steroid dienone is 2. The number of hydrogen-bond acceptors (Lipinski definition) is 3. The maximum Gasteiger partial charge on any atom is 0.172 e. The summed E-state index contributed by atoms with van der Waals surface area (Å²) in [5.41, 5.74) is 0.544. The van der Waals surface area contributed by atoms with Crippen LogP contribution in [0, 0.1) is 50.2 Å². The SMILES string of the molecule is CC1(C)CC[C@@]2(C)[C@H](C1)C1=CC[C@@H]3[C@]4(C)CC[C@@H](O)C(C)(C)[C@H]4CC[C@@]3(C)[C@]1(C)C(=O)[C@@H]2O. The van der Waals surface area contributed by atoms with Gasteiger partial charge in [-0.1, -0.05) is 60.1 Å². The molecule has 5 aliphatic rings. The molecule has 0 heterocycles. The van der Waals surface area contributed by atoms with Crippen LogP contribution in [0.2, 0.25) is 0 Å². The van der Waals surface area contributed by atoms with Gasteiger partial charge in [0.05, 0.1) is 11.5 Å². The molecule has 0 amide bonds. The summed E-state index contributed by atoms with van der Waals surface area (Å²) in [5.74, 6) is 1.25. The van der Waals surface area contributed by atoms with Gasteiger partial charge in [-0.05, 0) is 97.7 Å². The van der Waals surface area contributed by atoms with Crippen LogP contribution in [-0.2, 0) is 4.79 Å². The molecule has 0 aromatic carbocycles. The van der Waals surface area contributed by atoms with Crippen molar-refractivity contribution in [2.45, 2.75) is 119 Å². The van der Waals surface area contributed by atoms with Crippen molar-refractivity contribution in [2.75, 3.05) is 0 Å². The Bertz CT molecular complexity index is 900. The minimum atomic E-state index is -0.869. The van der Waals surface area contributed by atoms with Gasteiger partial charge in [0.1, 0.15) is 6.10 Å². The third-order valence-electron chi connectivity index (χ3n) is 13.0. The average Bonchev–Trinajstić information content (AvgIpc) is 2.72. The Kier molecular flexibility index (Phi) is 4.92. The molecule has 0 aromatic rings. The predicted molar refractivity (Wildman–Crippen MR) is 132 cm³/mol. The van der Waals surface area contributed by atoms with Crippen LogP contribution in [0.15, 0.2) is 11.6 Å². The first-order chi connectivity index (χ1) is 15.1. The second-order valence-electron chi connectivity index (χ2n) is 15.2. The number of hydrogen-bond donors (Lipinski definition) is 2. The Morgan fingerprint density at radius 1 is 0.818 bits per heavy atom. The molecule has 4 saturated carbocycles. The minimum Gasteiger partial charge on any atom is -0.393 e. The van der Waals surface area contributed by atoms with Crippen LogP contribution < -0.4 is 0 Å². The molecular weight excluding hydrogens is 408 g/mol. The molecule has 5 aliphatic carbocycles. The third kappa shape index (κ3) is 2.73. The van der Waals surface area contributed by atoms with Crippen molar-refractivity contribution < 1.29 is 15.0 Å². The van der Waals surface area contributed by atoms with E-state index in [1.165, 1.54) is 5.57 Å². The summed E-state index contributed by atoms with van der Waals surface area (Å²) in [7, 11) is 0. The maximum absolute atomic E-state index is 14.3. The fraction of sp³-hybridized carbons (Fsp3) is 0.900. The van der Waals surface area contributed by atoms with Crippen molar-refractivity contribution in [3.05, 3.63) is 11.6 Å². The summed E-state index contributed by atoms with van der Waals surface area (Å²) in [6, 6.07) is 0. The topological polar surface area (TPSA) is 57.5 Å². The van der Waals surface area contributed by atoms with Crippen LogP contribution in [-0.4, -0.2) is 28.2 Å². The smallest absolute Gasteiger partial charge is 0.172 e. The molecule has 0 bridgehead atoms. The van der Waals surface area contributed by atoms with Crippen molar-refractivity contribution >= 4 is 5.78 Å². The zero-order valence-electron chi connectivity index (χ0n) is 22.4. The van der Waals surface area contributed by atoms with Crippen molar-refractivity contribution in [2.24, 2.45) is 50.2 Å². The molecule has 0 aromatic heterocycles. The molecule has 3 nitrogen and oxygen atoms in total. The molecule has 186 valence electrons. The number of carbonyl (C=O) groups is 1. The van der Waals surface area contributed by atoms with Crippen LogP contribution >= 0.6 is 0 Å². The second kappa shape index (κ2) is 6.75. The Morgan fingerprint density at radius 2 is 1.48 bits per heavy atom. The van der Waals surface area contributed by atoms with E-state index in [9.17, 15) is 15.0 Å². The third-order valence-corrected chi connectivity index (χ3v) is 13.0. The van der Waals surface area contributed by atoms with Crippen molar-refractivity contribution in [1.29, 1.82) is 0 Å². The number of aliphatic hydroxyl groups excluding tert-OH is 2. The summed E-state index contributed by atoms with van der Waals surface area (Å²) < 4.78 is 0. The lowest BCUT2D eigenvalue weighted by Gasteiger charge is -2.71. The maximum atomic E-state index is 14.3. The highest BCUT2D eigenvalue weighted by Gasteiger charge is 2.72. The Labute approximate surface area is 201 Å². The minimum absolute atomic E-state index is 0.0940. The monoisotopic (exact) mass is 456 g/mol. The fourth-order valence-corrected chi connectivity index (χ4v) is 10.4. The van der Waals surface area contributed by atoms with E-state index in [0.29, 0.717) is 11.8 Å². The van der Waals surface area contributed by atoms with Gasteiger partial charge in [0.15, 0.2) is 5.78 Å². The van der Waals surface area contributed by atoms with Crippen molar-refractivity contribution in [1.82, 2.24) is 0 Å². The molecule has 0 unspecified atom stereocenters. The van der Waals surface area contributed by atoms with E-state index >= 15 is 0 Å². The van der Waals surface area contributed by atoms with E-state index in [2.05, 4.69) is 61.5 Å². The molecule has 33 heavy (non-hydrogen) atoms. The lowest BCUT2D eigenvalue weighted by molar-refractivity contribution is -0.210. The van der Waals surface area contributed by atoms with Gasteiger partial charge in [0, 0.05) is 5.41 Å². The molecular formula is C30H48O3. The van der Waals surface area contributed by atoms with Crippen LogP contribution in [0.1, 0.15) is 107 Å². The van der Waals surface area contributed by atoms with Crippen LogP contribution in [0.3, 0.4) is 0 Å². The predicted octanol–water partition coefficient (Wildman–Crippen LogP) is 6.32. The summed E-state index contributed by atoms with van der Waals surface area (Å²) in [6.45, 7) is 18.5. The number of fused-ring (bicyclic) bond motifs is 7. The number of rotatable bonds is 0. The van der Waals surface area contributed by atoms with E-state index in [1.807, 2.05) is 0 Å². The Hall–Kier alpha value is -0.670. The van der Waals surface area contributed by atoms with E-state index in [-0.39, 0.29) is 44.9 Å².